The number of ether oxygens (including phenoxy) is 1. The van der Waals surface area contributed by atoms with Gasteiger partial charge in [0.2, 0.25) is 5.91 Å². The van der Waals surface area contributed by atoms with Gasteiger partial charge in [0.1, 0.15) is 12.4 Å². The minimum absolute atomic E-state index is 0.104. The van der Waals surface area contributed by atoms with Gasteiger partial charge in [-0.15, -0.1) is 0 Å². The number of carbonyl (C=O) groups is 2. The average Bonchev–Trinajstić information content (AvgIpc) is 3.08. The Kier molecular flexibility index (Phi) is 4.20. The number of nitrogens with zero attached hydrogens (tertiary/aromatic N) is 1. The van der Waals surface area contributed by atoms with Gasteiger partial charge in [0.15, 0.2) is 0 Å². The zero-order chi connectivity index (χ0) is 20.8. The van der Waals surface area contributed by atoms with Gasteiger partial charge in [-0.05, 0) is 51.7 Å². The molecule has 3 aromatic rings. The van der Waals surface area contributed by atoms with E-state index in [2.05, 4.69) is 36.2 Å². The molecule has 0 atom stereocenters. The number of nitrogens with one attached hydrogen (secondary N) is 1. The van der Waals surface area contributed by atoms with Crippen LogP contribution in [0.5, 0.6) is 5.75 Å². The van der Waals surface area contributed by atoms with E-state index in [0.717, 1.165) is 45.4 Å². The van der Waals surface area contributed by atoms with E-state index in [1.807, 2.05) is 24.3 Å². The van der Waals surface area contributed by atoms with Gasteiger partial charge in [-0.25, -0.2) is 0 Å². The van der Waals surface area contributed by atoms with Crippen LogP contribution in [-0.2, 0) is 11.3 Å². The van der Waals surface area contributed by atoms with Gasteiger partial charge in [0.05, 0.1) is 12.2 Å². The molecular weight excluding hydrogens is 378 g/mol. The largest absolute Gasteiger partial charge is 0.490 e. The molecule has 30 heavy (non-hydrogen) atoms. The Bertz CT molecular complexity index is 1230. The molecule has 3 N–H and O–H groups in total. The Hall–Kier alpha value is -3.80. The number of benzene rings is 3. The summed E-state index contributed by atoms with van der Waals surface area (Å²) in [4.78, 5) is 25.8. The first-order valence-corrected chi connectivity index (χ1v) is 9.85. The van der Waals surface area contributed by atoms with E-state index < -0.39 is 5.91 Å². The van der Waals surface area contributed by atoms with Gasteiger partial charge in [-0.1, -0.05) is 30.8 Å². The monoisotopic (exact) mass is 399 g/mol. The number of primary amides is 1. The number of hydrogen-bond acceptors (Lipinski definition) is 4. The third-order valence-corrected chi connectivity index (χ3v) is 5.72. The van der Waals surface area contributed by atoms with E-state index in [1.54, 1.807) is 4.90 Å². The molecular formula is C24H21N3O3. The molecule has 3 aromatic carbocycles. The standard InChI is InChI=1S/C24H21N3O3/c1-14(23(25)28)12-27-13-20-18(24(27)29)6-4-15-2-3-16(10-19(15)20)17-5-7-21-22(11-17)30-9-8-26-21/h2-7,10-11,26H,1,8-9,12-13H2,(H2,25,28). The summed E-state index contributed by atoms with van der Waals surface area (Å²) in [5, 5.41) is 5.43. The SMILES string of the molecule is C=C(CN1Cc2c(ccc3ccc(-c4ccc5c(c4)OCCN5)cc23)C1=O)C(N)=O. The van der Waals surface area contributed by atoms with Crippen molar-refractivity contribution in [3.8, 4) is 16.9 Å². The van der Waals surface area contributed by atoms with Crippen LogP contribution in [0.4, 0.5) is 5.69 Å². The lowest BCUT2D eigenvalue weighted by atomic mass is 9.96. The fraction of sp³-hybridized carbons (Fsp3) is 0.167. The van der Waals surface area contributed by atoms with Crippen LogP contribution in [-0.4, -0.2) is 36.4 Å². The molecule has 0 aliphatic carbocycles. The van der Waals surface area contributed by atoms with Crippen molar-refractivity contribution in [1.29, 1.82) is 0 Å². The second kappa shape index (κ2) is 6.91. The minimum Gasteiger partial charge on any atom is -0.490 e. The van der Waals surface area contributed by atoms with Gasteiger partial charge < -0.3 is 20.7 Å². The number of fused-ring (bicyclic) bond motifs is 4. The number of amides is 2. The molecule has 6 nitrogen and oxygen atoms in total. The smallest absolute Gasteiger partial charge is 0.254 e. The topological polar surface area (TPSA) is 84.7 Å². The highest BCUT2D eigenvalue weighted by Crippen LogP contribution is 2.36. The second-order valence-electron chi connectivity index (χ2n) is 7.64. The van der Waals surface area contributed by atoms with Crippen molar-refractivity contribution < 1.29 is 14.3 Å². The number of anilines is 1. The lowest BCUT2D eigenvalue weighted by molar-refractivity contribution is -0.114. The van der Waals surface area contributed by atoms with E-state index in [0.29, 0.717) is 18.7 Å². The Morgan fingerprint density at radius 3 is 2.73 bits per heavy atom. The van der Waals surface area contributed by atoms with E-state index in [4.69, 9.17) is 10.5 Å². The Balaban J connectivity index is 1.54. The lowest BCUT2D eigenvalue weighted by Gasteiger charge is -2.20. The zero-order valence-corrected chi connectivity index (χ0v) is 16.4. The second-order valence-corrected chi connectivity index (χ2v) is 7.64. The molecule has 2 aliphatic heterocycles. The van der Waals surface area contributed by atoms with Crippen molar-refractivity contribution in [2.24, 2.45) is 5.73 Å². The third kappa shape index (κ3) is 2.97. The summed E-state index contributed by atoms with van der Waals surface area (Å²) in [6.45, 7) is 5.70. The van der Waals surface area contributed by atoms with Crippen LogP contribution in [0, 0.1) is 0 Å². The summed E-state index contributed by atoms with van der Waals surface area (Å²) >= 11 is 0. The van der Waals surface area contributed by atoms with Crippen molar-refractivity contribution in [3.05, 3.63) is 71.8 Å². The summed E-state index contributed by atoms with van der Waals surface area (Å²) in [7, 11) is 0. The van der Waals surface area contributed by atoms with Crippen LogP contribution in [0.25, 0.3) is 21.9 Å². The van der Waals surface area contributed by atoms with Crippen molar-refractivity contribution in [3.63, 3.8) is 0 Å². The molecule has 6 heteroatoms. The predicted octanol–water partition coefficient (Wildman–Crippen LogP) is 3.31. The first-order chi connectivity index (χ1) is 14.5. The number of carbonyl (C=O) groups excluding carboxylic acids is 2. The van der Waals surface area contributed by atoms with Crippen LogP contribution in [0.3, 0.4) is 0 Å². The maximum atomic E-state index is 12.8. The highest BCUT2D eigenvalue weighted by atomic mass is 16.5. The van der Waals surface area contributed by atoms with Crippen LogP contribution in [0.15, 0.2) is 60.7 Å². The van der Waals surface area contributed by atoms with Crippen molar-refractivity contribution in [2.75, 3.05) is 25.0 Å². The number of nitrogens with two attached hydrogens (primary N) is 1. The first-order valence-electron chi connectivity index (χ1n) is 9.85. The first kappa shape index (κ1) is 18.2. The van der Waals surface area contributed by atoms with Gasteiger partial charge in [0, 0.05) is 24.2 Å². The summed E-state index contributed by atoms with van der Waals surface area (Å²) in [5.41, 5.74) is 10.3. The van der Waals surface area contributed by atoms with Crippen molar-refractivity contribution in [1.82, 2.24) is 4.90 Å². The quantitative estimate of drug-likeness (QED) is 0.659. The maximum Gasteiger partial charge on any atom is 0.254 e. The van der Waals surface area contributed by atoms with Crippen molar-refractivity contribution in [2.45, 2.75) is 6.54 Å². The third-order valence-electron chi connectivity index (χ3n) is 5.72. The van der Waals surface area contributed by atoms with Gasteiger partial charge >= 0.3 is 0 Å². The van der Waals surface area contributed by atoms with Gasteiger partial charge in [0.25, 0.3) is 5.91 Å². The van der Waals surface area contributed by atoms with Gasteiger partial charge in [-0.3, -0.25) is 9.59 Å². The summed E-state index contributed by atoms with van der Waals surface area (Å²) in [5.74, 6) is 0.159. The van der Waals surface area contributed by atoms with E-state index in [-0.39, 0.29) is 18.0 Å². The van der Waals surface area contributed by atoms with Gasteiger partial charge in [-0.2, -0.15) is 0 Å². The molecule has 0 fully saturated rings. The zero-order valence-electron chi connectivity index (χ0n) is 16.4. The number of hydrogen-bond donors (Lipinski definition) is 2. The molecule has 5 rings (SSSR count). The molecule has 0 radical (unpaired) electrons. The average molecular weight is 399 g/mol. The summed E-state index contributed by atoms with van der Waals surface area (Å²) in [6, 6.07) is 16.2. The Morgan fingerprint density at radius 1 is 1.13 bits per heavy atom. The molecule has 0 bridgehead atoms. The maximum absolute atomic E-state index is 12.8. The lowest BCUT2D eigenvalue weighted by Crippen LogP contribution is -2.30. The predicted molar refractivity (Wildman–Crippen MR) is 116 cm³/mol. The normalized spacial score (nSPS) is 14.7. The Morgan fingerprint density at radius 2 is 1.90 bits per heavy atom. The van der Waals surface area contributed by atoms with E-state index >= 15 is 0 Å². The van der Waals surface area contributed by atoms with Crippen LogP contribution in [0.2, 0.25) is 0 Å². The molecule has 2 heterocycles. The fourth-order valence-electron chi connectivity index (χ4n) is 4.12. The molecule has 0 saturated carbocycles. The minimum atomic E-state index is -0.588. The van der Waals surface area contributed by atoms with Crippen LogP contribution in [0.1, 0.15) is 15.9 Å². The fourth-order valence-corrected chi connectivity index (χ4v) is 4.12. The highest BCUT2D eigenvalue weighted by molar-refractivity contribution is 6.05. The summed E-state index contributed by atoms with van der Waals surface area (Å²) < 4.78 is 5.77. The summed E-state index contributed by atoms with van der Waals surface area (Å²) in [6.07, 6.45) is 0. The highest BCUT2D eigenvalue weighted by Gasteiger charge is 2.29. The van der Waals surface area contributed by atoms with Crippen LogP contribution >= 0.6 is 0 Å². The Labute approximate surface area is 173 Å². The van der Waals surface area contributed by atoms with E-state index in [9.17, 15) is 9.59 Å². The molecule has 2 amide bonds. The van der Waals surface area contributed by atoms with Crippen LogP contribution < -0.4 is 15.8 Å². The molecule has 0 saturated heterocycles. The van der Waals surface area contributed by atoms with E-state index in [1.165, 1.54) is 0 Å². The molecule has 150 valence electrons. The van der Waals surface area contributed by atoms with Crippen molar-refractivity contribution >= 4 is 28.3 Å². The molecule has 2 aliphatic rings. The molecule has 0 aromatic heterocycles. The molecule has 0 spiro atoms. The molecule has 0 unspecified atom stereocenters. The number of rotatable bonds is 4.